The molecule has 0 spiro atoms. The molecule has 30 heavy (non-hydrogen) atoms. The molecule has 1 aromatic carbocycles. The Balaban J connectivity index is 1.94. The summed E-state index contributed by atoms with van der Waals surface area (Å²) in [6.07, 6.45) is 2.99. The number of ether oxygens (including phenoxy) is 1. The molecule has 2 aromatic rings. The number of nitrogens with two attached hydrogens (primary N) is 2. The van der Waals surface area contributed by atoms with E-state index in [0.717, 1.165) is 12.1 Å². The number of hydrogen-bond donors (Lipinski definition) is 3. The minimum Gasteiger partial charge on any atom is -0.493 e. The zero-order chi connectivity index (χ0) is 22.1. The molecule has 1 aliphatic carbocycles. The Morgan fingerprint density at radius 2 is 2.00 bits per heavy atom. The summed E-state index contributed by atoms with van der Waals surface area (Å²) in [5.41, 5.74) is 6.75. The Morgan fingerprint density at radius 1 is 1.27 bits per heavy atom. The number of benzene rings is 1. The monoisotopic (exact) mass is 440 g/mol. The zero-order valence-electron chi connectivity index (χ0n) is 16.1. The van der Waals surface area contributed by atoms with Gasteiger partial charge in [0.1, 0.15) is 0 Å². The van der Waals surface area contributed by atoms with Crippen molar-refractivity contribution >= 4 is 21.6 Å². The molecule has 8 nitrogen and oxygen atoms in total. The predicted molar refractivity (Wildman–Crippen MR) is 105 cm³/mol. The number of hydrogen-bond acceptors (Lipinski definition) is 6. The molecule has 1 unspecified atom stereocenters. The van der Waals surface area contributed by atoms with Crippen molar-refractivity contribution in [3.05, 3.63) is 47.7 Å². The normalized spacial score (nSPS) is 21.8. The third-order valence-electron chi connectivity index (χ3n) is 5.23. The third-order valence-corrected chi connectivity index (χ3v) is 6.03. The van der Waals surface area contributed by atoms with Crippen molar-refractivity contribution in [1.82, 2.24) is 4.98 Å². The average molecular weight is 440 g/mol. The number of anilines is 1. The largest absolute Gasteiger partial charge is 0.493 e. The van der Waals surface area contributed by atoms with Crippen LogP contribution in [-0.4, -0.2) is 32.5 Å². The zero-order valence-corrected chi connectivity index (χ0v) is 17.0. The quantitative estimate of drug-likeness (QED) is 0.649. The second-order valence-electron chi connectivity index (χ2n) is 7.13. The van der Waals surface area contributed by atoms with E-state index in [-0.39, 0.29) is 11.4 Å². The van der Waals surface area contributed by atoms with E-state index in [9.17, 15) is 22.0 Å². The molecule has 11 heteroatoms. The number of amides is 1. The highest BCUT2D eigenvalue weighted by Crippen LogP contribution is 2.42. The second-order valence-corrected chi connectivity index (χ2v) is 8.64. The number of methoxy groups -OCH3 is 1. The Hall–Kier alpha value is -2.63. The van der Waals surface area contributed by atoms with Crippen LogP contribution < -0.4 is 20.9 Å². The molecule has 1 saturated carbocycles. The van der Waals surface area contributed by atoms with E-state index in [4.69, 9.17) is 15.6 Å². The lowest BCUT2D eigenvalue weighted by Gasteiger charge is -2.36. The summed E-state index contributed by atoms with van der Waals surface area (Å²) in [5.74, 6) is -4.20. The fourth-order valence-electron chi connectivity index (χ4n) is 3.87. The van der Waals surface area contributed by atoms with E-state index in [1.807, 2.05) is 0 Å². The summed E-state index contributed by atoms with van der Waals surface area (Å²) >= 11 is 0. The number of carbonyl (C=O) groups excluding carboxylic acids is 1. The maximum absolute atomic E-state index is 14.2. The fraction of sp³-hybridized carbons (Fsp3) is 0.368. The predicted octanol–water partition coefficient (Wildman–Crippen LogP) is 1.87. The van der Waals surface area contributed by atoms with Gasteiger partial charge in [0.2, 0.25) is 11.7 Å². The van der Waals surface area contributed by atoms with Gasteiger partial charge in [-0.15, -0.1) is 0 Å². The van der Waals surface area contributed by atoms with Crippen molar-refractivity contribution in [2.24, 2.45) is 16.8 Å². The molecule has 3 rings (SSSR count). The molecule has 1 heterocycles. The van der Waals surface area contributed by atoms with E-state index >= 15 is 0 Å². The number of carbonyl (C=O) groups is 1. The van der Waals surface area contributed by atoms with E-state index in [1.165, 1.54) is 25.4 Å². The van der Waals surface area contributed by atoms with Crippen molar-refractivity contribution in [3.63, 3.8) is 0 Å². The summed E-state index contributed by atoms with van der Waals surface area (Å²) in [6, 6.07) is 4.39. The summed E-state index contributed by atoms with van der Waals surface area (Å²) in [5, 5.41) is 7.31. The van der Waals surface area contributed by atoms with Gasteiger partial charge in [-0.25, -0.2) is 22.9 Å². The highest BCUT2D eigenvalue weighted by Gasteiger charge is 2.39. The van der Waals surface area contributed by atoms with Gasteiger partial charge in [-0.05, 0) is 25.0 Å². The summed E-state index contributed by atoms with van der Waals surface area (Å²) < 4.78 is 55.9. The molecular weight excluding hydrogens is 418 g/mol. The lowest BCUT2D eigenvalue weighted by Crippen LogP contribution is -2.45. The average Bonchev–Trinajstić information content (AvgIpc) is 2.69. The van der Waals surface area contributed by atoms with E-state index in [1.54, 1.807) is 0 Å². The fourth-order valence-corrected chi connectivity index (χ4v) is 4.37. The lowest BCUT2D eigenvalue weighted by atomic mass is 9.72. The van der Waals surface area contributed by atoms with Crippen LogP contribution in [0.15, 0.2) is 35.5 Å². The van der Waals surface area contributed by atoms with Gasteiger partial charge in [-0.2, -0.15) is 4.39 Å². The number of sulfonamides is 1. The van der Waals surface area contributed by atoms with E-state index in [0.29, 0.717) is 24.8 Å². The number of nitrogens with zero attached hydrogens (tertiary/aromatic N) is 1. The SMILES string of the molecule is COc1c(C2CCC[C@H](N)[C@H]2C(=O)Nc2ccnc(S(N)(=O)=O)c2)ccc(F)c1F. The first-order chi connectivity index (χ1) is 14.1. The third kappa shape index (κ3) is 4.42. The Morgan fingerprint density at radius 3 is 2.67 bits per heavy atom. The van der Waals surface area contributed by atoms with Gasteiger partial charge in [-0.1, -0.05) is 12.5 Å². The minimum atomic E-state index is -4.05. The van der Waals surface area contributed by atoms with Crippen molar-refractivity contribution < 1.29 is 26.7 Å². The molecule has 1 amide bonds. The van der Waals surface area contributed by atoms with Crippen molar-refractivity contribution in [2.45, 2.75) is 36.2 Å². The van der Waals surface area contributed by atoms with Crippen LogP contribution >= 0.6 is 0 Å². The number of halogens is 2. The molecule has 162 valence electrons. The molecule has 0 aliphatic heterocycles. The van der Waals surface area contributed by atoms with Crippen LogP contribution in [0.3, 0.4) is 0 Å². The molecule has 1 aliphatic rings. The van der Waals surface area contributed by atoms with Crippen LogP contribution in [-0.2, 0) is 14.8 Å². The Bertz CT molecular complexity index is 1060. The van der Waals surface area contributed by atoms with E-state index < -0.39 is 50.5 Å². The first-order valence-electron chi connectivity index (χ1n) is 9.20. The van der Waals surface area contributed by atoms with Gasteiger partial charge in [-0.3, -0.25) is 4.79 Å². The first-order valence-corrected chi connectivity index (χ1v) is 10.7. The molecule has 5 N–H and O–H groups in total. The van der Waals surface area contributed by atoms with Gasteiger partial charge in [0.25, 0.3) is 10.0 Å². The number of pyridine rings is 1. The molecule has 1 aromatic heterocycles. The molecule has 3 atom stereocenters. The topological polar surface area (TPSA) is 137 Å². The smallest absolute Gasteiger partial charge is 0.255 e. The second kappa shape index (κ2) is 8.62. The highest BCUT2D eigenvalue weighted by molar-refractivity contribution is 7.89. The number of aromatic nitrogens is 1. The minimum absolute atomic E-state index is 0.174. The van der Waals surface area contributed by atoms with Crippen LogP contribution in [0.25, 0.3) is 0 Å². The molecular formula is C19H22F2N4O4S. The standard InChI is InChI=1S/C19H22F2N4O4S/c1-29-18-12(5-6-13(20)17(18)21)11-3-2-4-14(22)16(11)19(26)25-10-7-8-24-15(9-10)30(23,27)28/h5-9,11,14,16H,2-4,22H2,1H3,(H2,23,27,28)(H,24,25,26)/t11?,14-,16-/m0/s1. The lowest BCUT2D eigenvalue weighted by molar-refractivity contribution is -0.121. The number of rotatable bonds is 5. The molecule has 1 fully saturated rings. The highest BCUT2D eigenvalue weighted by atomic mass is 32.2. The van der Waals surface area contributed by atoms with Crippen LogP contribution in [0, 0.1) is 17.6 Å². The Labute approximate surface area is 172 Å². The van der Waals surface area contributed by atoms with Gasteiger partial charge in [0, 0.05) is 35.5 Å². The van der Waals surface area contributed by atoms with Gasteiger partial charge in [0.05, 0.1) is 13.0 Å². The van der Waals surface area contributed by atoms with Crippen LogP contribution in [0.5, 0.6) is 5.75 Å². The summed E-state index contributed by atoms with van der Waals surface area (Å²) in [4.78, 5) is 16.7. The maximum atomic E-state index is 14.2. The maximum Gasteiger partial charge on any atom is 0.255 e. The van der Waals surface area contributed by atoms with Crippen molar-refractivity contribution in [3.8, 4) is 5.75 Å². The van der Waals surface area contributed by atoms with E-state index in [2.05, 4.69) is 10.3 Å². The summed E-state index contributed by atoms with van der Waals surface area (Å²) in [7, 11) is -2.82. The molecule has 0 radical (unpaired) electrons. The number of nitrogens with one attached hydrogen (secondary N) is 1. The van der Waals surface area contributed by atoms with Crippen LogP contribution in [0.4, 0.5) is 14.5 Å². The van der Waals surface area contributed by atoms with Gasteiger partial charge < -0.3 is 15.8 Å². The van der Waals surface area contributed by atoms with Gasteiger partial charge >= 0.3 is 0 Å². The van der Waals surface area contributed by atoms with Crippen LogP contribution in [0.1, 0.15) is 30.7 Å². The Kier molecular flexibility index (Phi) is 6.34. The molecule has 0 bridgehead atoms. The van der Waals surface area contributed by atoms with Crippen LogP contribution in [0.2, 0.25) is 0 Å². The number of primary sulfonamides is 1. The van der Waals surface area contributed by atoms with Gasteiger partial charge in [0.15, 0.2) is 16.6 Å². The van der Waals surface area contributed by atoms with Crippen molar-refractivity contribution in [1.29, 1.82) is 0 Å². The summed E-state index contributed by atoms with van der Waals surface area (Å²) in [6.45, 7) is 0. The first kappa shape index (κ1) is 22.1. The van der Waals surface area contributed by atoms with Crippen molar-refractivity contribution in [2.75, 3.05) is 12.4 Å². The molecule has 0 saturated heterocycles.